The Kier molecular flexibility index (Phi) is 9.02. The average molecular weight is 625 g/mol. The Hall–Kier alpha value is -2.66. The summed E-state index contributed by atoms with van der Waals surface area (Å²) >= 11 is 1.63. The predicted molar refractivity (Wildman–Crippen MR) is 126 cm³/mol. The molecule has 0 fully saturated rings. The molecule has 4 aromatic rings. The molecule has 0 saturated carbocycles. The fourth-order valence-corrected chi connectivity index (χ4v) is 4.19. The Labute approximate surface area is 205 Å². The van der Waals surface area contributed by atoms with Crippen LogP contribution in [0.1, 0.15) is 25.0 Å². The molecule has 0 unspecified atom stereocenters. The first-order valence-corrected chi connectivity index (χ1v) is 10.6. The van der Waals surface area contributed by atoms with Gasteiger partial charge in [0.15, 0.2) is 5.78 Å². The number of thiophene rings is 1. The Bertz CT molecular complexity index is 1240. The molecule has 3 nitrogen and oxygen atoms in total. The van der Waals surface area contributed by atoms with Crippen LogP contribution in [0.5, 0.6) is 0 Å². The third-order valence-corrected chi connectivity index (χ3v) is 5.44. The number of aliphatic hydroxyl groups is 1. The molecule has 1 radical (unpaired) electrons. The Morgan fingerprint density at radius 3 is 2.31 bits per heavy atom. The van der Waals surface area contributed by atoms with E-state index in [1.54, 1.807) is 23.5 Å². The minimum Gasteiger partial charge on any atom is -0.512 e. The molecule has 2 aromatic carbocycles. The SMILES string of the molecule is CC(=O)/C=C(/C)O.Cc1[c-]c(-c2ccc3cc(-c4ccc(F)cc4)sc3n2)cc(C)c1.[Ir]. The summed E-state index contributed by atoms with van der Waals surface area (Å²) in [5.74, 6) is -0.280. The summed E-state index contributed by atoms with van der Waals surface area (Å²) in [5.41, 5.74) is 5.29. The number of hydrogen-bond acceptors (Lipinski definition) is 4. The number of aryl methyl sites for hydroxylation is 2. The summed E-state index contributed by atoms with van der Waals surface area (Å²) in [4.78, 5) is 16.9. The van der Waals surface area contributed by atoms with Crippen LogP contribution in [0.15, 0.2) is 66.4 Å². The van der Waals surface area contributed by atoms with E-state index in [-0.39, 0.29) is 37.5 Å². The van der Waals surface area contributed by atoms with Gasteiger partial charge in [0.25, 0.3) is 0 Å². The van der Waals surface area contributed by atoms with Crippen molar-refractivity contribution in [3.63, 3.8) is 0 Å². The van der Waals surface area contributed by atoms with Crippen LogP contribution in [0.4, 0.5) is 4.39 Å². The van der Waals surface area contributed by atoms with E-state index in [0.717, 1.165) is 37.5 Å². The van der Waals surface area contributed by atoms with E-state index >= 15 is 0 Å². The zero-order valence-electron chi connectivity index (χ0n) is 18.2. The van der Waals surface area contributed by atoms with Crippen molar-refractivity contribution >= 4 is 27.3 Å². The van der Waals surface area contributed by atoms with Crippen molar-refractivity contribution in [2.45, 2.75) is 27.7 Å². The molecule has 167 valence electrons. The predicted octanol–water partition coefficient (Wildman–Crippen LogP) is 7.22. The molecule has 0 aliphatic rings. The molecule has 0 amide bonds. The van der Waals surface area contributed by atoms with Gasteiger partial charge in [-0.05, 0) is 43.3 Å². The zero-order chi connectivity index (χ0) is 22.5. The maximum atomic E-state index is 13.1. The molecule has 1 N–H and O–H groups in total. The normalized spacial score (nSPS) is 10.8. The largest absolute Gasteiger partial charge is 0.512 e. The molecule has 0 spiro atoms. The Morgan fingerprint density at radius 1 is 1.06 bits per heavy atom. The van der Waals surface area contributed by atoms with E-state index in [1.807, 2.05) is 13.0 Å². The molecule has 2 aromatic heterocycles. The van der Waals surface area contributed by atoms with Crippen LogP contribution in [0, 0.1) is 25.7 Å². The van der Waals surface area contributed by atoms with Gasteiger partial charge in [-0.1, -0.05) is 38.1 Å². The van der Waals surface area contributed by atoms with Gasteiger partial charge in [0.05, 0.1) is 5.76 Å². The molecule has 6 heteroatoms. The van der Waals surface area contributed by atoms with Crippen molar-refractivity contribution in [2.75, 3.05) is 0 Å². The Balaban J connectivity index is 0.000000398. The van der Waals surface area contributed by atoms with Gasteiger partial charge in [0.1, 0.15) is 10.6 Å². The summed E-state index contributed by atoms with van der Waals surface area (Å²) in [6, 6.07) is 20.4. The summed E-state index contributed by atoms with van der Waals surface area (Å²) in [7, 11) is 0. The van der Waals surface area contributed by atoms with Crippen molar-refractivity contribution in [2.24, 2.45) is 0 Å². The second kappa shape index (κ2) is 11.3. The molecule has 4 rings (SSSR count). The molecule has 2 heterocycles. The number of ketones is 1. The Morgan fingerprint density at radius 2 is 1.75 bits per heavy atom. The summed E-state index contributed by atoms with van der Waals surface area (Å²) < 4.78 is 13.1. The van der Waals surface area contributed by atoms with Crippen LogP contribution in [-0.4, -0.2) is 15.9 Å². The second-order valence-electron chi connectivity index (χ2n) is 7.36. The van der Waals surface area contributed by atoms with Crippen LogP contribution in [0.3, 0.4) is 0 Å². The minimum atomic E-state index is -0.217. The van der Waals surface area contributed by atoms with Crippen molar-refractivity contribution in [1.29, 1.82) is 0 Å². The third-order valence-electron chi connectivity index (χ3n) is 4.35. The van der Waals surface area contributed by atoms with E-state index in [2.05, 4.69) is 37.3 Å². The maximum Gasteiger partial charge on any atom is 0.155 e. The number of halogens is 1. The molecule has 0 aliphatic carbocycles. The number of nitrogens with zero attached hydrogens (tertiary/aromatic N) is 1. The van der Waals surface area contributed by atoms with Gasteiger partial charge >= 0.3 is 0 Å². The van der Waals surface area contributed by atoms with Crippen LogP contribution >= 0.6 is 11.3 Å². The van der Waals surface area contributed by atoms with Crippen molar-refractivity contribution in [1.82, 2.24) is 4.98 Å². The van der Waals surface area contributed by atoms with Crippen molar-refractivity contribution < 1.29 is 34.4 Å². The first kappa shape index (κ1) is 25.6. The first-order chi connectivity index (χ1) is 14.7. The van der Waals surface area contributed by atoms with E-state index < -0.39 is 0 Å². The van der Waals surface area contributed by atoms with Crippen LogP contribution < -0.4 is 0 Å². The van der Waals surface area contributed by atoms with Crippen LogP contribution in [0.25, 0.3) is 31.9 Å². The number of benzene rings is 2. The van der Waals surface area contributed by atoms with Crippen LogP contribution in [0.2, 0.25) is 0 Å². The number of aliphatic hydroxyl groups excluding tert-OH is 1. The number of carbonyl (C=O) groups is 1. The maximum absolute atomic E-state index is 13.1. The van der Waals surface area contributed by atoms with Crippen molar-refractivity contribution in [3.8, 4) is 21.7 Å². The second-order valence-corrected chi connectivity index (χ2v) is 8.39. The van der Waals surface area contributed by atoms with Gasteiger partial charge in [0, 0.05) is 36.4 Å². The number of allylic oxidation sites excluding steroid dienone is 2. The summed E-state index contributed by atoms with van der Waals surface area (Å²) in [6.45, 7) is 6.98. The average Bonchev–Trinajstić information content (AvgIpc) is 3.10. The van der Waals surface area contributed by atoms with E-state index in [4.69, 9.17) is 10.1 Å². The van der Waals surface area contributed by atoms with E-state index in [0.29, 0.717) is 0 Å². The van der Waals surface area contributed by atoms with Gasteiger partial charge < -0.3 is 5.11 Å². The molecule has 32 heavy (non-hydrogen) atoms. The van der Waals surface area contributed by atoms with Gasteiger partial charge in [-0.2, -0.15) is 0 Å². The topological polar surface area (TPSA) is 50.2 Å². The first-order valence-electron chi connectivity index (χ1n) is 9.76. The van der Waals surface area contributed by atoms with Gasteiger partial charge in [-0.15, -0.1) is 46.2 Å². The number of fused-ring (bicyclic) bond motifs is 1. The zero-order valence-corrected chi connectivity index (χ0v) is 21.4. The van der Waals surface area contributed by atoms with Gasteiger partial charge in [-0.25, -0.2) is 4.39 Å². The molecule has 0 bridgehead atoms. The number of aromatic nitrogens is 1. The van der Waals surface area contributed by atoms with Crippen molar-refractivity contribution in [3.05, 3.63) is 89.4 Å². The molecule has 0 atom stereocenters. The third kappa shape index (κ3) is 6.92. The molecule has 0 saturated heterocycles. The minimum absolute atomic E-state index is 0. The smallest absolute Gasteiger partial charge is 0.155 e. The summed E-state index contributed by atoms with van der Waals surface area (Å²) in [6.07, 6.45) is 1.17. The molecule has 0 aliphatic heterocycles. The summed E-state index contributed by atoms with van der Waals surface area (Å²) in [5, 5.41) is 9.47. The molecular weight excluding hydrogens is 602 g/mol. The number of carbonyl (C=O) groups excluding carboxylic acids is 1. The van der Waals surface area contributed by atoms with E-state index in [9.17, 15) is 9.18 Å². The standard InChI is InChI=1S/C21H15FNS.C5H8O2.Ir/c1-13-9-14(2)11-17(10-13)19-8-5-16-12-20(24-21(16)23-19)15-3-6-18(22)7-4-15;1-4(6)3-5(2)7;/h3-10,12H,1-2H3;3,6H,1-2H3;/q-1;;/b;4-3-;. The monoisotopic (exact) mass is 625 g/mol. The van der Waals surface area contributed by atoms with Gasteiger partial charge in [0.2, 0.25) is 0 Å². The fraction of sp³-hybridized carbons (Fsp3) is 0.154. The molecular formula is C26H23FIrNO2S-. The number of rotatable bonds is 3. The quantitative estimate of drug-likeness (QED) is 0.149. The number of hydrogen-bond donors (Lipinski definition) is 1. The van der Waals surface area contributed by atoms with E-state index in [1.165, 1.54) is 37.6 Å². The fourth-order valence-electron chi connectivity index (χ4n) is 3.15. The van der Waals surface area contributed by atoms with Crippen LogP contribution in [-0.2, 0) is 24.9 Å². The van der Waals surface area contributed by atoms with Gasteiger partial charge in [-0.3, -0.25) is 9.78 Å². The number of pyridine rings is 1.